The van der Waals surface area contributed by atoms with Gasteiger partial charge in [0, 0.05) is 36.0 Å². The molecule has 0 aromatic heterocycles. The zero-order valence-corrected chi connectivity index (χ0v) is 12.2. The van der Waals surface area contributed by atoms with E-state index in [1.807, 2.05) is 18.8 Å². The predicted molar refractivity (Wildman–Crippen MR) is 73.9 cm³/mol. The number of aliphatic hydroxyl groups is 1. The topological polar surface area (TPSA) is 50.7 Å². The molecule has 0 aromatic carbocycles. The second kappa shape index (κ2) is 6.57. The fraction of sp³-hybridized carbons (Fsp3) is 1.00. The van der Waals surface area contributed by atoms with Gasteiger partial charge < -0.3 is 19.9 Å². The maximum absolute atomic E-state index is 9.02. The van der Waals surface area contributed by atoms with E-state index in [0.29, 0.717) is 16.5 Å². The van der Waals surface area contributed by atoms with Crippen molar-refractivity contribution in [2.45, 2.75) is 54.9 Å². The molecule has 1 spiro atoms. The second-order valence-corrected chi connectivity index (χ2v) is 6.93. The molecule has 1 aliphatic heterocycles. The van der Waals surface area contributed by atoms with E-state index in [0.717, 1.165) is 38.9 Å². The molecule has 1 saturated heterocycles. The van der Waals surface area contributed by atoms with Crippen LogP contribution in [-0.2, 0) is 9.47 Å². The molecule has 1 heterocycles. The largest absolute Gasteiger partial charge is 0.396 e. The van der Waals surface area contributed by atoms with Crippen molar-refractivity contribution >= 4 is 11.8 Å². The molecule has 18 heavy (non-hydrogen) atoms. The van der Waals surface area contributed by atoms with Crippen LogP contribution in [0.15, 0.2) is 0 Å². The molecule has 0 amide bonds. The third-order valence-electron chi connectivity index (χ3n) is 3.92. The van der Waals surface area contributed by atoms with E-state index in [2.05, 4.69) is 12.2 Å². The van der Waals surface area contributed by atoms with E-state index in [4.69, 9.17) is 14.6 Å². The van der Waals surface area contributed by atoms with Gasteiger partial charge >= 0.3 is 0 Å². The zero-order chi connectivity index (χ0) is 13.0. The smallest absolute Gasteiger partial charge is 0.169 e. The van der Waals surface area contributed by atoms with E-state index >= 15 is 0 Å². The van der Waals surface area contributed by atoms with E-state index < -0.39 is 0 Å². The Morgan fingerprint density at radius 1 is 1.44 bits per heavy atom. The average molecular weight is 275 g/mol. The van der Waals surface area contributed by atoms with Crippen LogP contribution in [0, 0.1) is 0 Å². The molecule has 2 N–H and O–H groups in total. The molecule has 1 aliphatic carbocycles. The Hall–Kier alpha value is 0.190. The molecule has 106 valence electrons. The van der Waals surface area contributed by atoms with Gasteiger partial charge in [0.2, 0.25) is 0 Å². The van der Waals surface area contributed by atoms with Gasteiger partial charge in [-0.15, -0.1) is 0 Å². The third kappa shape index (κ3) is 3.39. The van der Waals surface area contributed by atoms with Gasteiger partial charge in [0.25, 0.3) is 0 Å². The molecule has 5 heteroatoms. The third-order valence-corrected chi connectivity index (χ3v) is 5.47. The zero-order valence-electron chi connectivity index (χ0n) is 11.4. The van der Waals surface area contributed by atoms with Crippen LogP contribution >= 0.6 is 11.8 Å². The molecule has 4 nitrogen and oxygen atoms in total. The number of ether oxygens (including phenoxy) is 2. The lowest BCUT2D eigenvalue weighted by Gasteiger charge is -2.41. The summed E-state index contributed by atoms with van der Waals surface area (Å²) in [6, 6.07) is 0.523. The summed E-state index contributed by atoms with van der Waals surface area (Å²) in [5, 5.41) is 13.4. The van der Waals surface area contributed by atoms with Crippen molar-refractivity contribution in [3.05, 3.63) is 0 Å². The van der Waals surface area contributed by atoms with Gasteiger partial charge in [-0.3, -0.25) is 0 Å². The van der Waals surface area contributed by atoms with Crippen molar-refractivity contribution in [1.82, 2.24) is 5.32 Å². The fourth-order valence-corrected chi connectivity index (χ4v) is 4.54. The Kier molecular flexibility index (Phi) is 5.33. The summed E-state index contributed by atoms with van der Waals surface area (Å²) in [7, 11) is 2.03. The van der Waals surface area contributed by atoms with Gasteiger partial charge in [-0.05, 0) is 19.9 Å². The van der Waals surface area contributed by atoms with Crippen LogP contribution in [0.2, 0.25) is 0 Å². The Morgan fingerprint density at radius 2 is 2.17 bits per heavy atom. The van der Waals surface area contributed by atoms with E-state index in [1.54, 1.807) is 0 Å². The van der Waals surface area contributed by atoms with Crippen molar-refractivity contribution in [3.8, 4) is 0 Å². The molecule has 0 aromatic rings. The summed E-state index contributed by atoms with van der Waals surface area (Å²) in [5.74, 6) is -0.316. The fourth-order valence-electron chi connectivity index (χ4n) is 2.89. The number of thioether (sulfide) groups is 1. The van der Waals surface area contributed by atoms with Crippen LogP contribution in [0.1, 0.15) is 32.6 Å². The van der Waals surface area contributed by atoms with Gasteiger partial charge in [0.05, 0.1) is 13.2 Å². The summed E-state index contributed by atoms with van der Waals surface area (Å²) in [6.07, 6.45) is 3.90. The SMILES string of the molecule is CNC1CCC2(CC1SC(C)CCO)OCCO2. The summed E-state index contributed by atoms with van der Waals surface area (Å²) in [5.41, 5.74) is 0. The highest BCUT2D eigenvalue weighted by atomic mass is 32.2. The molecular formula is C13H25NO3S. The quantitative estimate of drug-likeness (QED) is 0.794. The summed E-state index contributed by atoms with van der Waals surface area (Å²) in [4.78, 5) is 0. The van der Waals surface area contributed by atoms with E-state index in [1.165, 1.54) is 0 Å². The number of hydrogen-bond donors (Lipinski definition) is 2. The first-order chi connectivity index (χ1) is 8.69. The standard InChI is InChI=1S/C13H25NO3S/c1-10(4-6-15)18-12-9-13(16-7-8-17-13)5-3-11(12)14-2/h10-12,14-15H,3-9H2,1-2H3. The molecule has 0 radical (unpaired) electrons. The van der Waals surface area contributed by atoms with Crippen LogP contribution in [0.5, 0.6) is 0 Å². The van der Waals surface area contributed by atoms with Crippen molar-refractivity contribution in [2.75, 3.05) is 26.9 Å². The summed E-state index contributed by atoms with van der Waals surface area (Å²) >= 11 is 1.96. The minimum Gasteiger partial charge on any atom is -0.396 e. The lowest BCUT2D eigenvalue weighted by atomic mass is 9.89. The first-order valence-corrected chi connectivity index (χ1v) is 7.85. The van der Waals surface area contributed by atoms with E-state index in [-0.39, 0.29) is 12.4 Å². The van der Waals surface area contributed by atoms with Gasteiger partial charge in [-0.2, -0.15) is 11.8 Å². The van der Waals surface area contributed by atoms with Crippen molar-refractivity contribution < 1.29 is 14.6 Å². The van der Waals surface area contributed by atoms with Crippen molar-refractivity contribution in [1.29, 1.82) is 0 Å². The van der Waals surface area contributed by atoms with Crippen LogP contribution < -0.4 is 5.32 Å². The van der Waals surface area contributed by atoms with Crippen LogP contribution in [0.3, 0.4) is 0 Å². The number of rotatable bonds is 5. The Bertz CT molecular complexity index is 259. The van der Waals surface area contributed by atoms with Gasteiger partial charge in [-0.25, -0.2) is 0 Å². The van der Waals surface area contributed by atoms with E-state index in [9.17, 15) is 0 Å². The predicted octanol–water partition coefficient (Wildman–Crippen LogP) is 1.37. The molecule has 3 unspecified atom stereocenters. The molecule has 2 rings (SSSR count). The highest BCUT2D eigenvalue weighted by molar-refractivity contribution is 8.00. The Labute approximate surface area is 114 Å². The highest BCUT2D eigenvalue weighted by Crippen LogP contribution is 2.41. The molecule has 2 aliphatic rings. The van der Waals surface area contributed by atoms with Crippen molar-refractivity contribution in [3.63, 3.8) is 0 Å². The Morgan fingerprint density at radius 3 is 2.78 bits per heavy atom. The lowest BCUT2D eigenvalue weighted by Crippen LogP contribution is -2.49. The maximum Gasteiger partial charge on any atom is 0.169 e. The number of hydrogen-bond acceptors (Lipinski definition) is 5. The minimum atomic E-state index is -0.316. The lowest BCUT2D eigenvalue weighted by molar-refractivity contribution is -0.177. The molecule has 2 fully saturated rings. The second-order valence-electron chi connectivity index (χ2n) is 5.24. The number of aliphatic hydroxyl groups excluding tert-OH is 1. The Balaban J connectivity index is 1.94. The minimum absolute atomic E-state index is 0.267. The highest BCUT2D eigenvalue weighted by Gasteiger charge is 2.45. The molecule has 1 saturated carbocycles. The van der Waals surface area contributed by atoms with Crippen LogP contribution in [-0.4, -0.2) is 54.3 Å². The first kappa shape index (κ1) is 14.6. The molecule has 0 bridgehead atoms. The van der Waals surface area contributed by atoms with Gasteiger partial charge in [-0.1, -0.05) is 6.92 Å². The number of nitrogens with one attached hydrogen (secondary N) is 1. The van der Waals surface area contributed by atoms with Gasteiger partial charge in [0.15, 0.2) is 5.79 Å². The summed E-state index contributed by atoms with van der Waals surface area (Å²) in [6.45, 7) is 3.91. The average Bonchev–Trinajstić information content (AvgIpc) is 2.78. The monoisotopic (exact) mass is 275 g/mol. The first-order valence-electron chi connectivity index (χ1n) is 6.90. The normalized spacial score (nSPS) is 32.8. The van der Waals surface area contributed by atoms with Crippen LogP contribution in [0.25, 0.3) is 0 Å². The molecule has 3 atom stereocenters. The van der Waals surface area contributed by atoms with Gasteiger partial charge in [0.1, 0.15) is 0 Å². The maximum atomic E-state index is 9.02. The molecular weight excluding hydrogens is 250 g/mol. The van der Waals surface area contributed by atoms with Crippen molar-refractivity contribution in [2.24, 2.45) is 0 Å². The van der Waals surface area contributed by atoms with Crippen LogP contribution in [0.4, 0.5) is 0 Å². The summed E-state index contributed by atoms with van der Waals surface area (Å²) < 4.78 is 11.7.